The maximum Gasteiger partial charge on any atom is 0.192 e. The Hall–Kier alpha value is -1.03. The van der Waals surface area contributed by atoms with Gasteiger partial charge in [0.25, 0.3) is 0 Å². The van der Waals surface area contributed by atoms with E-state index in [9.17, 15) is 8.42 Å². The van der Waals surface area contributed by atoms with E-state index < -0.39 is 19.3 Å². The molecule has 0 aliphatic carbocycles. The predicted molar refractivity (Wildman–Crippen MR) is 78.0 cm³/mol. The standard InChI is InChI=1S/C14H10Cl2O2S/c15-13-11-7-3-1-5-9(11)10-6-2-4-8-12(10)14(16)19(13,17)18/h1-8,13-14H/t13-,14+. The van der Waals surface area contributed by atoms with Crippen molar-refractivity contribution in [3.8, 4) is 11.1 Å². The van der Waals surface area contributed by atoms with Gasteiger partial charge >= 0.3 is 0 Å². The molecule has 0 aromatic heterocycles. The Morgan fingerprint density at radius 2 is 1.11 bits per heavy atom. The van der Waals surface area contributed by atoms with Crippen LogP contribution in [0.3, 0.4) is 0 Å². The van der Waals surface area contributed by atoms with E-state index >= 15 is 0 Å². The van der Waals surface area contributed by atoms with Gasteiger partial charge in [-0.2, -0.15) is 0 Å². The van der Waals surface area contributed by atoms with E-state index in [1.165, 1.54) is 0 Å². The van der Waals surface area contributed by atoms with Crippen LogP contribution in [0.25, 0.3) is 11.1 Å². The first-order chi connectivity index (χ1) is 9.03. The summed E-state index contributed by atoms with van der Waals surface area (Å²) < 4.78 is 22.5. The Labute approximate surface area is 121 Å². The van der Waals surface area contributed by atoms with Gasteiger partial charge in [-0.15, -0.1) is 23.2 Å². The van der Waals surface area contributed by atoms with Crippen LogP contribution in [-0.4, -0.2) is 8.42 Å². The summed E-state index contributed by atoms with van der Waals surface area (Å²) in [5, 5.41) is 0. The van der Waals surface area contributed by atoms with E-state index in [0.717, 1.165) is 11.1 Å². The molecule has 2 nitrogen and oxygen atoms in total. The van der Waals surface area contributed by atoms with Crippen molar-refractivity contribution in [2.45, 2.75) is 9.42 Å². The minimum absolute atomic E-state index is 0.583. The van der Waals surface area contributed by atoms with E-state index in [4.69, 9.17) is 23.2 Å². The molecule has 1 heterocycles. The van der Waals surface area contributed by atoms with Crippen LogP contribution >= 0.6 is 23.2 Å². The van der Waals surface area contributed by atoms with Crippen LogP contribution in [0.5, 0.6) is 0 Å². The number of benzene rings is 2. The summed E-state index contributed by atoms with van der Waals surface area (Å²) in [6, 6.07) is 14.5. The highest BCUT2D eigenvalue weighted by atomic mass is 35.5. The van der Waals surface area contributed by atoms with Gasteiger partial charge in [-0.1, -0.05) is 48.5 Å². The highest BCUT2D eigenvalue weighted by Crippen LogP contribution is 2.48. The van der Waals surface area contributed by atoms with Crippen molar-refractivity contribution in [3.05, 3.63) is 59.7 Å². The fraction of sp³-hybridized carbons (Fsp3) is 0.143. The lowest BCUT2D eigenvalue weighted by Gasteiger charge is -2.13. The van der Waals surface area contributed by atoms with Crippen molar-refractivity contribution in [1.29, 1.82) is 0 Å². The number of hydrogen-bond acceptors (Lipinski definition) is 2. The maximum absolute atomic E-state index is 12.4. The van der Waals surface area contributed by atoms with Crippen LogP contribution in [0.15, 0.2) is 48.5 Å². The molecule has 0 saturated heterocycles. The van der Waals surface area contributed by atoms with Crippen LogP contribution in [0.1, 0.15) is 20.5 Å². The molecule has 0 N–H and O–H groups in total. The topological polar surface area (TPSA) is 34.1 Å². The third-order valence-corrected chi connectivity index (χ3v) is 6.90. The summed E-state index contributed by atoms with van der Waals surface area (Å²) in [5.74, 6) is 0. The molecule has 0 unspecified atom stereocenters. The van der Waals surface area contributed by atoms with Gasteiger partial charge in [0.1, 0.15) is 0 Å². The molecule has 0 fully saturated rings. The van der Waals surface area contributed by atoms with E-state index in [-0.39, 0.29) is 0 Å². The van der Waals surface area contributed by atoms with Crippen LogP contribution in [0.4, 0.5) is 0 Å². The fourth-order valence-electron chi connectivity index (χ4n) is 2.34. The quantitative estimate of drug-likeness (QED) is 0.681. The van der Waals surface area contributed by atoms with Crippen LogP contribution < -0.4 is 0 Å². The number of alkyl halides is 2. The van der Waals surface area contributed by atoms with Gasteiger partial charge < -0.3 is 0 Å². The molecular weight excluding hydrogens is 303 g/mol. The normalized spacial score (nSPS) is 24.1. The second-order valence-corrected chi connectivity index (χ2v) is 7.91. The van der Waals surface area contributed by atoms with Crippen molar-refractivity contribution >= 4 is 33.0 Å². The summed E-state index contributed by atoms with van der Waals surface area (Å²) in [4.78, 5) is 0. The summed E-state index contributed by atoms with van der Waals surface area (Å²) in [6.07, 6.45) is 0. The molecule has 2 atom stereocenters. The lowest BCUT2D eigenvalue weighted by Crippen LogP contribution is -2.12. The number of rotatable bonds is 0. The zero-order chi connectivity index (χ0) is 13.6. The lowest BCUT2D eigenvalue weighted by atomic mass is 9.97. The minimum atomic E-state index is -3.67. The number of sulfone groups is 1. The molecule has 0 bridgehead atoms. The number of hydrogen-bond donors (Lipinski definition) is 0. The molecule has 1 aliphatic rings. The first-order valence-electron chi connectivity index (χ1n) is 5.72. The van der Waals surface area contributed by atoms with Crippen molar-refractivity contribution in [2.75, 3.05) is 0 Å². The van der Waals surface area contributed by atoms with Crippen molar-refractivity contribution in [1.82, 2.24) is 0 Å². The summed E-state index contributed by atoms with van der Waals surface area (Å²) in [5.41, 5.74) is 2.81. The van der Waals surface area contributed by atoms with Crippen molar-refractivity contribution in [2.24, 2.45) is 0 Å². The van der Waals surface area contributed by atoms with E-state index in [1.54, 1.807) is 24.3 Å². The molecule has 3 rings (SSSR count). The summed E-state index contributed by atoms with van der Waals surface area (Å²) in [6.45, 7) is 0. The lowest BCUT2D eigenvalue weighted by molar-refractivity contribution is 0.592. The molecule has 0 spiro atoms. The van der Waals surface area contributed by atoms with Gasteiger partial charge in [0, 0.05) is 0 Å². The van der Waals surface area contributed by atoms with Gasteiger partial charge in [-0.25, -0.2) is 8.42 Å². The average molecular weight is 313 g/mol. The predicted octanol–water partition coefficient (Wildman–Crippen LogP) is 4.26. The van der Waals surface area contributed by atoms with Crippen LogP contribution in [0, 0.1) is 0 Å². The maximum atomic E-state index is 12.4. The molecule has 19 heavy (non-hydrogen) atoms. The fourth-order valence-corrected chi connectivity index (χ4v) is 4.82. The summed E-state index contributed by atoms with van der Waals surface area (Å²) in [7, 11) is -3.67. The van der Waals surface area contributed by atoms with Gasteiger partial charge in [0.15, 0.2) is 19.3 Å². The molecule has 2 aromatic carbocycles. The molecular formula is C14H10Cl2O2S. The molecule has 0 saturated carbocycles. The smallest absolute Gasteiger partial charge is 0.192 e. The Morgan fingerprint density at radius 1 is 0.737 bits per heavy atom. The average Bonchev–Trinajstić information content (AvgIpc) is 2.50. The zero-order valence-electron chi connectivity index (χ0n) is 9.75. The Morgan fingerprint density at radius 3 is 1.53 bits per heavy atom. The van der Waals surface area contributed by atoms with E-state index in [0.29, 0.717) is 11.1 Å². The van der Waals surface area contributed by atoms with Gasteiger partial charge in [0.2, 0.25) is 0 Å². The third-order valence-electron chi connectivity index (χ3n) is 3.28. The van der Waals surface area contributed by atoms with E-state index in [1.807, 2.05) is 24.3 Å². The molecule has 5 heteroatoms. The zero-order valence-corrected chi connectivity index (χ0v) is 12.1. The summed E-state index contributed by atoms with van der Waals surface area (Å²) >= 11 is 12.3. The Bertz CT molecular complexity index is 683. The number of halogens is 2. The highest BCUT2D eigenvalue weighted by molar-refractivity contribution is 7.94. The Kier molecular flexibility index (Phi) is 3.08. The second kappa shape index (κ2) is 4.51. The molecule has 0 amide bonds. The third kappa shape index (κ3) is 1.88. The molecule has 98 valence electrons. The largest absolute Gasteiger partial charge is 0.225 e. The monoisotopic (exact) mass is 312 g/mol. The number of fused-ring (bicyclic) bond motifs is 3. The molecule has 2 aromatic rings. The van der Waals surface area contributed by atoms with Gasteiger partial charge in [0.05, 0.1) is 0 Å². The second-order valence-electron chi connectivity index (χ2n) is 4.40. The van der Waals surface area contributed by atoms with Gasteiger partial charge in [-0.3, -0.25) is 0 Å². The van der Waals surface area contributed by atoms with Crippen LogP contribution in [-0.2, 0) is 9.84 Å². The van der Waals surface area contributed by atoms with E-state index in [2.05, 4.69) is 0 Å². The SMILES string of the molecule is O=S1(=O)[C@H](Cl)c2ccccc2-c2ccccc2[C@@H]1Cl. The Balaban J connectivity index is 2.44. The van der Waals surface area contributed by atoms with Crippen molar-refractivity contribution < 1.29 is 8.42 Å². The first kappa shape index (κ1) is 13.0. The van der Waals surface area contributed by atoms with Crippen LogP contribution in [0.2, 0.25) is 0 Å². The van der Waals surface area contributed by atoms with Gasteiger partial charge in [-0.05, 0) is 22.3 Å². The molecule has 1 aliphatic heterocycles. The first-order valence-corrected chi connectivity index (χ1v) is 8.21. The minimum Gasteiger partial charge on any atom is -0.225 e. The molecule has 0 radical (unpaired) electrons. The van der Waals surface area contributed by atoms with Crippen molar-refractivity contribution in [3.63, 3.8) is 0 Å². The highest BCUT2D eigenvalue weighted by Gasteiger charge is 2.39.